The number of fused-ring (bicyclic) bond motifs is 2. The Bertz CT molecular complexity index is 1070. The number of hydrogen-bond acceptors (Lipinski definition) is 1. The van der Waals surface area contributed by atoms with E-state index in [4.69, 9.17) is 4.11 Å². The highest BCUT2D eigenvalue weighted by Gasteiger charge is 2.38. The molecule has 2 nitrogen and oxygen atoms in total. The second kappa shape index (κ2) is 5.52. The van der Waals surface area contributed by atoms with E-state index in [1.807, 2.05) is 57.4 Å². The minimum absolute atomic E-state index is 0.134. The maximum Gasteiger partial charge on any atom is 0.399 e. The van der Waals surface area contributed by atoms with Crippen LogP contribution in [0.1, 0.15) is 23.5 Å². The second-order valence-corrected chi connectivity index (χ2v) is 6.46. The molecule has 0 saturated carbocycles. The van der Waals surface area contributed by atoms with E-state index in [0.717, 1.165) is 27.8 Å². The van der Waals surface area contributed by atoms with Gasteiger partial charge < -0.3 is 4.81 Å². The highest BCUT2D eigenvalue weighted by atomic mass is 15.1. The van der Waals surface area contributed by atoms with Crippen LogP contribution in [-0.2, 0) is 7.05 Å². The summed E-state index contributed by atoms with van der Waals surface area (Å²) >= 11 is 0. The molecule has 4 rings (SSSR count). The van der Waals surface area contributed by atoms with Crippen LogP contribution in [0.2, 0.25) is 0 Å². The number of aryl methyl sites for hydroxylation is 1. The van der Waals surface area contributed by atoms with Gasteiger partial charge in [0, 0.05) is 21.3 Å². The first kappa shape index (κ1) is 11.9. The summed E-state index contributed by atoms with van der Waals surface area (Å²) in [7, 11) is 4.09. The van der Waals surface area contributed by atoms with Crippen LogP contribution in [0, 0.1) is 0 Å². The monoisotopic (exact) mass is 316 g/mol. The normalized spacial score (nSPS) is 16.7. The molecule has 1 aliphatic heterocycles. The van der Waals surface area contributed by atoms with Gasteiger partial charge in [-0.25, -0.2) is 4.57 Å². The van der Waals surface area contributed by atoms with Gasteiger partial charge in [-0.1, -0.05) is 35.8 Å². The molecule has 0 bridgehead atoms. The van der Waals surface area contributed by atoms with Crippen molar-refractivity contribution in [2.24, 2.45) is 7.05 Å². The number of hydrogen-bond donors (Lipinski definition) is 0. The SMILES string of the molecule is [2H]C([2H])([2H])C1=C(C)B(c2ccc3ccccc3[n+]2C)N(C)c2ccccc21. The first-order valence-electron chi connectivity index (χ1n) is 9.72. The van der Waals surface area contributed by atoms with Crippen LogP contribution >= 0.6 is 0 Å². The summed E-state index contributed by atoms with van der Waals surface area (Å²) in [6.45, 7) is -0.340. The zero-order chi connectivity index (χ0) is 19.3. The Morgan fingerprint density at radius 2 is 1.75 bits per heavy atom. The first-order chi connectivity index (χ1) is 12.8. The van der Waals surface area contributed by atoms with Crippen molar-refractivity contribution in [1.82, 2.24) is 0 Å². The van der Waals surface area contributed by atoms with Crippen molar-refractivity contribution in [2.45, 2.75) is 13.8 Å². The van der Waals surface area contributed by atoms with E-state index in [-0.39, 0.29) is 6.85 Å². The lowest BCUT2D eigenvalue weighted by molar-refractivity contribution is -0.627. The van der Waals surface area contributed by atoms with E-state index in [0.29, 0.717) is 5.57 Å². The van der Waals surface area contributed by atoms with Gasteiger partial charge in [0.05, 0.1) is 0 Å². The van der Waals surface area contributed by atoms with Crippen LogP contribution in [0.5, 0.6) is 0 Å². The lowest BCUT2D eigenvalue weighted by Crippen LogP contribution is -2.62. The molecule has 0 unspecified atom stereocenters. The maximum atomic E-state index is 8.14. The summed E-state index contributed by atoms with van der Waals surface area (Å²) in [5.41, 5.74) is 5.30. The molecule has 3 aromatic rings. The summed E-state index contributed by atoms with van der Waals surface area (Å²) in [5.74, 6) is 0. The van der Waals surface area contributed by atoms with Gasteiger partial charge in [0.15, 0.2) is 5.59 Å². The maximum absolute atomic E-state index is 8.14. The van der Waals surface area contributed by atoms with Crippen molar-refractivity contribution in [1.29, 1.82) is 0 Å². The predicted octanol–water partition coefficient (Wildman–Crippen LogP) is 3.35. The van der Waals surface area contributed by atoms with Crippen molar-refractivity contribution in [3.05, 3.63) is 71.7 Å². The molecule has 118 valence electrons. The van der Waals surface area contributed by atoms with Gasteiger partial charge in [0.1, 0.15) is 7.05 Å². The third-order valence-corrected chi connectivity index (χ3v) is 5.14. The minimum atomic E-state index is -2.16. The van der Waals surface area contributed by atoms with Gasteiger partial charge in [-0.2, -0.15) is 0 Å². The summed E-state index contributed by atoms with van der Waals surface area (Å²) in [6.07, 6.45) is 0. The average Bonchev–Trinajstić information content (AvgIpc) is 2.63. The van der Waals surface area contributed by atoms with E-state index in [2.05, 4.69) is 33.6 Å². The number of aromatic nitrogens is 1. The number of allylic oxidation sites excluding steroid dienone is 2. The number of benzene rings is 2. The highest BCUT2D eigenvalue weighted by molar-refractivity contribution is 6.83. The molecule has 2 aromatic carbocycles. The van der Waals surface area contributed by atoms with Gasteiger partial charge in [0.25, 0.3) is 0 Å². The number of pyridine rings is 1. The van der Waals surface area contributed by atoms with Crippen LogP contribution in [0.15, 0.2) is 66.1 Å². The highest BCUT2D eigenvalue weighted by Crippen LogP contribution is 2.34. The second-order valence-electron chi connectivity index (χ2n) is 6.46. The lowest BCUT2D eigenvalue weighted by Gasteiger charge is -2.34. The molecule has 0 atom stereocenters. The summed E-state index contributed by atoms with van der Waals surface area (Å²) in [5, 5.41) is 1.17. The molecule has 1 aliphatic rings. The van der Waals surface area contributed by atoms with Crippen molar-refractivity contribution in [2.75, 3.05) is 11.9 Å². The Balaban J connectivity index is 2.00. The van der Waals surface area contributed by atoms with Crippen LogP contribution in [0.4, 0.5) is 5.69 Å². The molecule has 1 aromatic heterocycles. The van der Waals surface area contributed by atoms with E-state index in [1.165, 1.54) is 5.39 Å². The summed E-state index contributed by atoms with van der Waals surface area (Å²) in [6, 6.07) is 20.3. The van der Waals surface area contributed by atoms with Gasteiger partial charge >= 0.3 is 6.85 Å². The predicted molar refractivity (Wildman–Crippen MR) is 104 cm³/mol. The lowest BCUT2D eigenvalue weighted by atomic mass is 9.48. The van der Waals surface area contributed by atoms with Crippen molar-refractivity contribution in [3.63, 3.8) is 0 Å². The first-order valence-corrected chi connectivity index (χ1v) is 8.22. The molecule has 24 heavy (non-hydrogen) atoms. The van der Waals surface area contributed by atoms with Crippen molar-refractivity contribution >= 4 is 34.6 Å². The third kappa shape index (κ3) is 2.08. The van der Waals surface area contributed by atoms with Gasteiger partial charge in [-0.3, -0.25) is 0 Å². The molecular formula is C21H22BN2+. The van der Waals surface area contributed by atoms with Crippen molar-refractivity contribution < 1.29 is 8.68 Å². The van der Waals surface area contributed by atoms with Crippen LogP contribution in [-0.4, -0.2) is 13.9 Å². The Labute approximate surface area is 148 Å². The molecule has 0 spiro atoms. The molecule has 3 heteroatoms. The van der Waals surface area contributed by atoms with E-state index in [9.17, 15) is 0 Å². The van der Waals surface area contributed by atoms with Crippen LogP contribution in [0.3, 0.4) is 0 Å². The smallest absolute Gasteiger partial charge is 0.399 e. The largest absolute Gasteiger partial charge is 0.404 e. The molecule has 0 radical (unpaired) electrons. The van der Waals surface area contributed by atoms with Crippen LogP contribution < -0.4 is 15.0 Å². The zero-order valence-electron chi connectivity index (χ0n) is 17.2. The number of nitrogens with zero attached hydrogens (tertiary/aromatic N) is 2. The fraction of sp³-hybridized carbons (Fsp3) is 0.190. The quantitative estimate of drug-likeness (QED) is 0.493. The fourth-order valence-electron chi connectivity index (χ4n) is 3.83. The topological polar surface area (TPSA) is 7.12 Å². The standard InChI is InChI=1S/C21H22BN2/c1-15-16(2)22(24(4)20-12-8-6-10-18(15)20)21-14-13-17-9-5-7-11-19(17)23(21)3/h5-14H,1-4H3/q+1/i1D3. The molecule has 0 fully saturated rings. The Morgan fingerprint density at radius 3 is 2.58 bits per heavy atom. The zero-order valence-corrected chi connectivity index (χ0v) is 14.2. The van der Waals surface area contributed by atoms with E-state index >= 15 is 0 Å². The molecule has 0 N–H and O–H groups in total. The van der Waals surface area contributed by atoms with Gasteiger partial charge in [0.2, 0.25) is 5.52 Å². The number of para-hydroxylation sites is 2. The van der Waals surface area contributed by atoms with Gasteiger partial charge in [-0.15, -0.1) is 0 Å². The molecule has 0 aliphatic carbocycles. The number of rotatable bonds is 1. The molecule has 0 amide bonds. The molecule has 2 heterocycles. The fourth-order valence-corrected chi connectivity index (χ4v) is 3.83. The Morgan fingerprint density at radius 1 is 1.00 bits per heavy atom. The van der Waals surface area contributed by atoms with Crippen molar-refractivity contribution in [3.8, 4) is 0 Å². The molecule has 0 saturated heterocycles. The Kier molecular flexibility index (Phi) is 2.74. The summed E-state index contributed by atoms with van der Waals surface area (Å²) < 4.78 is 26.6. The summed E-state index contributed by atoms with van der Waals surface area (Å²) in [4.78, 5) is 2.18. The van der Waals surface area contributed by atoms with Gasteiger partial charge in [-0.05, 0) is 56.2 Å². The number of anilines is 1. The minimum Gasteiger partial charge on any atom is -0.404 e. The third-order valence-electron chi connectivity index (χ3n) is 5.14. The van der Waals surface area contributed by atoms with E-state index in [1.54, 1.807) is 0 Å². The van der Waals surface area contributed by atoms with E-state index < -0.39 is 6.85 Å². The molecular weight excluding hydrogens is 291 g/mol. The Hall–Kier alpha value is -2.55. The van der Waals surface area contributed by atoms with Crippen LogP contribution in [0.25, 0.3) is 16.5 Å². The average molecular weight is 316 g/mol.